The van der Waals surface area contributed by atoms with Gasteiger partial charge in [0.15, 0.2) is 0 Å². The third-order valence-corrected chi connectivity index (χ3v) is 5.08. The molecule has 0 radical (unpaired) electrons. The van der Waals surface area contributed by atoms with Gasteiger partial charge in [0.05, 0.1) is 6.54 Å². The lowest BCUT2D eigenvalue weighted by molar-refractivity contribution is -0.134. The van der Waals surface area contributed by atoms with E-state index in [0.717, 1.165) is 5.56 Å². The van der Waals surface area contributed by atoms with Crippen LogP contribution in [-0.4, -0.2) is 57.3 Å². The molecule has 0 aliphatic carbocycles. The first-order chi connectivity index (χ1) is 13.1. The molecule has 0 unspecified atom stereocenters. The van der Waals surface area contributed by atoms with Gasteiger partial charge < -0.3 is 19.5 Å². The molecule has 9 heteroatoms. The Bertz CT molecular complexity index is 814. The molecule has 0 atom stereocenters. The van der Waals surface area contributed by atoms with Gasteiger partial charge in [-0.25, -0.2) is 4.79 Å². The number of likely N-dealkylation sites (tertiary alicyclic amines) is 1. The maximum Gasteiger partial charge on any atom is 0.407 e. The molecule has 2 saturated heterocycles. The average Bonchev–Trinajstić information content (AvgIpc) is 3.30. The first-order valence-electron chi connectivity index (χ1n) is 9.11. The second kappa shape index (κ2) is 7.34. The summed E-state index contributed by atoms with van der Waals surface area (Å²) in [6.45, 7) is 1.76. The van der Waals surface area contributed by atoms with Crippen LogP contribution in [0, 0.1) is 0 Å². The van der Waals surface area contributed by atoms with Gasteiger partial charge in [-0.1, -0.05) is 5.16 Å². The molecular formula is C18H21N5O4. The first-order valence-corrected chi connectivity index (χ1v) is 9.11. The monoisotopic (exact) mass is 371 g/mol. The minimum atomic E-state index is -0.430. The summed E-state index contributed by atoms with van der Waals surface area (Å²) in [6, 6.07) is 3.64. The van der Waals surface area contributed by atoms with Gasteiger partial charge >= 0.3 is 6.09 Å². The van der Waals surface area contributed by atoms with Crippen molar-refractivity contribution in [2.75, 3.05) is 19.6 Å². The summed E-state index contributed by atoms with van der Waals surface area (Å²) in [5.41, 5.74) is 0.418. The number of pyridine rings is 1. The van der Waals surface area contributed by atoms with E-state index in [1.165, 1.54) is 0 Å². The van der Waals surface area contributed by atoms with Crippen LogP contribution >= 0.6 is 0 Å². The predicted octanol–water partition coefficient (Wildman–Crippen LogP) is 1.56. The van der Waals surface area contributed by atoms with E-state index in [1.807, 2.05) is 17.0 Å². The number of aryl methyl sites for hydroxylation is 1. The van der Waals surface area contributed by atoms with E-state index in [1.54, 1.807) is 12.4 Å². The van der Waals surface area contributed by atoms with E-state index in [-0.39, 0.29) is 12.0 Å². The Balaban J connectivity index is 1.22. The third-order valence-electron chi connectivity index (χ3n) is 5.08. The summed E-state index contributed by atoms with van der Waals surface area (Å²) in [5, 5.41) is 6.66. The number of nitrogens with one attached hydrogen (secondary N) is 1. The lowest BCUT2D eigenvalue weighted by Crippen LogP contribution is -2.48. The number of hydrogen-bond donors (Lipinski definition) is 1. The number of nitrogens with zero attached hydrogens (tertiary/aromatic N) is 4. The summed E-state index contributed by atoms with van der Waals surface area (Å²) in [7, 11) is 0. The number of ether oxygens (including phenoxy) is 1. The second-order valence-electron chi connectivity index (χ2n) is 6.91. The largest absolute Gasteiger partial charge is 0.441 e. The van der Waals surface area contributed by atoms with Crippen molar-refractivity contribution in [1.29, 1.82) is 0 Å². The van der Waals surface area contributed by atoms with Gasteiger partial charge in [-0.15, -0.1) is 0 Å². The van der Waals surface area contributed by atoms with Crippen LogP contribution in [0.3, 0.4) is 0 Å². The number of carbonyl (C=O) groups excluding carboxylic acids is 2. The van der Waals surface area contributed by atoms with Crippen LogP contribution in [0.15, 0.2) is 29.0 Å². The van der Waals surface area contributed by atoms with E-state index >= 15 is 0 Å². The molecule has 0 saturated carbocycles. The van der Waals surface area contributed by atoms with Crippen molar-refractivity contribution in [2.45, 2.75) is 37.7 Å². The van der Waals surface area contributed by atoms with Crippen molar-refractivity contribution in [3.05, 3.63) is 30.4 Å². The molecule has 2 aromatic heterocycles. The third kappa shape index (κ3) is 3.91. The van der Waals surface area contributed by atoms with E-state index in [2.05, 4.69) is 20.4 Å². The molecule has 4 rings (SSSR count). The highest BCUT2D eigenvalue weighted by Gasteiger charge is 2.43. The Labute approximate surface area is 156 Å². The maximum atomic E-state index is 12.4. The van der Waals surface area contributed by atoms with E-state index in [9.17, 15) is 9.59 Å². The smallest absolute Gasteiger partial charge is 0.407 e. The molecule has 27 heavy (non-hydrogen) atoms. The molecule has 2 aliphatic rings. The van der Waals surface area contributed by atoms with Gasteiger partial charge in [-0.3, -0.25) is 9.78 Å². The second-order valence-corrected chi connectivity index (χ2v) is 6.91. The van der Waals surface area contributed by atoms with E-state index in [0.29, 0.717) is 63.5 Å². The Morgan fingerprint density at radius 2 is 2.04 bits per heavy atom. The average molecular weight is 371 g/mol. The number of alkyl carbamates (subject to hydrolysis) is 1. The minimum absolute atomic E-state index is 0.107. The van der Waals surface area contributed by atoms with Crippen molar-refractivity contribution in [3.63, 3.8) is 0 Å². The Kier molecular flexibility index (Phi) is 4.74. The lowest BCUT2D eigenvalue weighted by Gasteiger charge is -2.37. The Morgan fingerprint density at radius 1 is 1.26 bits per heavy atom. The number of aromatic nitrogens is 3. The van der Waals surface area contributed by atoms with Crippen LogP contribution in [0.5, 0.6) is 0 Å². The quantitative estimate of drug-likeness (QED) is 0.849. The van der Waals surface area contributed by atoms with Crippen molar-refractivity contribution < 1.29 is 18.8 Å². The molecule has 2 aromatic rings. The summed E-state index contributed by atoms with van der Waals surface area (Å²) in [4.78, 5) is 33.8. The fourth-order valence-electron chi connectivity index (χ4n) is 3.47. The van der Waals surface area contributed by atoms with Crippen molar-refractivity contribution in [2.24, 2.45) is 0 Å². The molecule has 4 heterocycles. The van der Waals surface area contributed by atoms with Crippen molar-refractivity contribution in [3.8, 4) is 11.4 Å². The zero-order valence-corrected chi connectivity index (χ0v) is 14.9. The molecule has 0 bridgehead atoms. The summed E-state index contributed by atoms with van der Waals surface area (Å²) < 4.78 is 10.6. The van der Waals surface area contributed by atoms with Gasteiger partial charge in [0.25, 0.3) is 0 Å². The van der Waals surface area contributed by atoms with Crippen LogP contribution in [0.25, 0.3) is 11.4 Å². The molecule has 2 aliphatic heterocycles. The number of amides is 2. The van der Waals surface area contributed by atoms with E-state index in [4.69, 9.17) is 9.26 Å². The zero-order chi connectivity index (χ0) is 18.7. The van der Waals surface area contributed by atoms with Crippen LogP contribution in [0.4, 0.5) is 4.79 Å². The molecule has 9 nitrogen and oxygen atoms in total. The summed E-state index contributed by atoms with van der Waals surface area (Å²) in [5.74, 6) is 1.16. The zero-order valence-electron chi connectivity index (χ0n) is 14.9. The predicted molar refractivity (Wildman–Crippen MR) is 93.5 cm³/mol. The highest BCUT2D eigenvalue weighted by atomic mass is 16.6. The molecule has 142 valence electrons. The van der Waals surface area contributed by atoms with Gasteiger partial charge in [-0.05, 0) is 18.6 Å². The maximum absolute atomic E-state index is 12.4. The number of hydrogen-bond acceptors (Lipinski definition) is 7. The van der Waals surface area contributed by atoms with Gasteiger partial charge in [-0.2, -0.15) is 4.98 Å². The highest BCUT2D eigenvalue weighted by molar-refractivity contribution is 5.76. The number of rotatable bonds is 5. The summed E-state index contributed by atoms with van der Waals surface area (Å²) in [6.07, 6.45) is 5.98. The Hall–Kier alpha value is -2.97. The molecule has 2 amide bonds. The van der Waals surface area contributed by atoms with Crippen molar-refractivity contribution in [1.82, 2.24) is 25.3 Å². The fourth-order valence-corrected chi connectivity index (χ4v) is 3.47. The van der Waals surface area contributed by atoms with Crippen LogP contribution in [0.1, 0.15) is 31.6 Å². The topological polar surface area (TPSA) is 110 Å². The van der Waals surface area contributed by atoms with Gasteiger partial charge in [0.1, 0.15) is 5.60 Å². The number of carbonyl (C=O) groups is 2. The van der Waals surface area contributed by atoms with Crippen LogP contribution in [0.2, 0.25) is 0 Å². The lowest BCUT2D eigenvalue weighted by atomic mass is 9.91. The van der Waals surface area contributed by atoms with Crippen LogP contribution < -0.4 is 5.32 Å². The SMILES string of the molecule is O=C1NCC2(CCN(C(=O)CCCc3nc(-c4ccncc4)no3)CC2)O1. The Morgan fingerprint density at radius 3 is 2.74 bits per heavy atom. The standard InChI is InChI=1S/C18H21N5O4/c24-15(23-10-6-18(7-11-23)12-20-17(25)26-18)3-1-2-14-21-16(22-27-14)13-4-8-19-9-5-13/h4-5,8-9H,1-3,6-7,10-12H2,(H,20,25). The van der Waals surface area contributed by atoms with Gasteiger partial charge in [0, 0.05) is 56.7 Å². The summed E-state index contributed by atoms with van der Waals surface area (Å²) >= 11 is 0. The molecular weight excluding hydrogens is 350 g/mol. The molecule has 1 N–H and O–H groups in total. The molecule has 0 aromatic carbocycles. The van der Waals surface area contributed by atoms with Crippen molar-refractivity contribution >= 4 is 12.0 Å². The minimum Gasteiger partial charge on any atom is -0.441 e. The molecule has 1 spiro atoms. The normalized spacial score (nSPS) is 18.4. The number of piperidine rings is 1. The fraction of sp³-hybridized carbons (Fsp3) is 0.500. The first kappa shape index (κ1) is 17.4. The van der Waals surface area contributed by atoms with Gasteiger partial charge in [0.2, 0.25) is 17.6 Å². The van der Waals surface area contributed by atoms with Crippen LogP contribution in [-0.2, 0) is 16.0 Å². The van der Waals surface area contributed by atoms with E-state index < -0.39 is 5.60 Å². The highest BCUT2D eigenvalue weighted by Crippen LogP contribution is 2.29. The molecule has 2 fully saturated rings.